The number of carbonyl (C=O) groups excluding carboxylic acids is 1. The Morgan fingerprint density at radius 3 is 2.67 bits per heavy atom. The maximum absolute atomic E-state index is 13.0. The molecule has 9 heteroatoms. The van der Waals surface area contributed by atoms with E-state index in [0.29, 0.717) is 29.6 Å². The van der Waals surface area contributed by atoms with E-state index in [9.17, 15) is 13.2 Å². The van der Waals surface area contributed by atoms with E-state index in [0.717, 1.165) is 6.42 Å². The zero-order valence-electron chi connectivity index (χ0n) is 16.5. The summed E-state index contributed by atoms with van der Waals surface area (Å²) in [4.78, 5) is 12.2. The van der Waals surface area contributed by atoms with Crippen molar-refractivity contribution in [3.05, 3.63) is 35.5 Å². The largest absolute Gasteiger partial charge is 0.468 e. The van der Waals surface area contributed by atoms with Gasteiger partial charge in [0, 0.05) is 13.6 Å². The number of nitrogens with one attached hydrogen (secondary N) is 1. The molecule has 0 aliphatic heterocycles. The van der Waals surface area contributed by atoms with Crippen LogP contribution in [0.5, 0.6) is 0 Å². The minimum absolute atomic E-state index is 0.0117. The molecule has 0 radical (unpaired) electrons. The second-order valence-corrected chi connectivity index (χ2v) is 9.01. The Bertz CT molecular complexity index is 870. The fraction of sp³-hybridized carbons (Fsp3) is 0.556. The predicted molar refractivity (Wildman–Crippen MR) is 102 cm³/mol. The molecule has 0 unspecified atom stereocenters. The minimum Gasteiger partial charge on any atom is -0.468 e. The van der Waals surface area contributed by atoms with Gasteiger partial charge in [-0.1, -0.05) is 13.8 Å². The quantitative estimate of drug-likeness (QED) is 0.700. The van der Waals surface area contributed by atoms with E-state index in [2.05, 4.69) is 24.3 Å². The molecule has 2 rings (SSSR count). The molecule has 0 aliphatic rings. The number of hydrogen-bond acceptors (Lipinski definition) is 5. The van der Waals surface area contributed by atoms with Gasteiger partial charge in [0.2, 0.25) is 15.9 Å². The molecule has 8 nitrogen and oxygen atoms in total. The molecule has 2 aromatic rings. The molecule has 1 N–H and O–H groups in total. The Kier molecular flexibility index (Phi) is 6.83. The van der Waals surface area contributed by atoms with Crippen molar-refractivity contribution in [1.29, 1.82) is 0 Å². The van der Waals surface area contributed by atoms with E-state index in [1.165, 1.54) is 22.3 Å². The highest BCUT2D eigenvalue weighted by Crippen LogP contribution is 2.24. The highest BCUT2D eigenvalue weighted by atomic mass is 32.2. The van der Waals surface area contributed by atoms with Crippen LogP contribution in [0.3, 0.4) is 0 Å². The van der Waals surface area contributed by atoms with E-state index in [4.69, 9.17) is 4.42 Å². The number of hydrogen-bond donors (Lipinski definition) is 1. The number of aryl methyl sites for hydroxylation is 1. The Balaban J connectivity index is 2.15. The van der Waals surface area contributed by atoms with Crippen LogP contribution < -0.4 is 5.32 Å². The van der Waals surface area contributed by atoms with E-state index in [-0.39, 0.29) is 23.9 Å². The van der Waals surface area contributed by atoms with Crippen LogP contribution in [0, 0.1) is 19.8 Å². The lowest BCUT2D eigenvalue weighted by molar-refractivity contribution is -0.121. The normalized spacial score (nSPS) is 12.1. The predicted octanol–water partition coefficient (Wildman–Crippen LogP) is 2.08. The Morgan fingerprint density at radius 1 is 1.37 bits per heavy atom. The maximum atomic E-state index is 13.0. The summed E-state index contributed by atoms with van der Waals surface area (Å²) < 4.78 is 33.8. The minimum atomic E-state index is -3.76. The number of sulfonamides is 1. The fourth-order valence-corrected chi connectivity index (χ4v) is 4.26. The van der Waals surface area contributed by atoms with Crippen LogP contribution in [0.1, 0.15) is 37.4 Å². The molecule has 1 amide bonds. The highest BCUT2D eigenvalue weighted by Gasteiger charge is 2.29. The SMILES string of the molecule is Cc1nn(CC(=O)NCCC(C)C)c(C)c1S(=O)(=O)N(C)Cc1ccco1. The Hall–Kier alpha value is -2.13. The monoisotopic (exact) mass is 396 g/mol. The first-order chi connectivity index (χ1) is 12.6. The van der Waals surface area contributed by atoms with Crippen LogP contribution >= 0.6 is 0 Å². The summed E-state index contributed by atoms with van der Waals surface area (Å²) in [7, 11) is -2.27. The summed E-state index contributed by atoms with van der Waals surface area (Å²) in [6.45, 7) is 8.17. The van der Waals surface area contributed by atoms with Gasteiger partial charge in [-0.2, -0.15) is 9.40 Å². The van der Waals surface area contributed by atoms with E-state index < -0.39 is 10.0 Å². The van der Waals surface area contributed by atoms with Crippen molar-refractivity contribution in [2.45, 2.75) is 52.1 Å². The van der Waals surface area contributed by atoms with Crippen molar-refractivity contribution in [3.63, 3.8) is 0 Å². The lowest BCUT2D eigenvalue weighted by Crippen LogP contribution is -2.30. The van der Waals surface area contributed by atoms with Gasteiger partial charge in [0.25, 0.3) is 0 Å². The number of furan rings is 1. The first kappa shape index (κ1) is 21.2. The third-order valence-electron chi connectivity index (χ3n) is 4.28. The number of aromatic nitrogens is 2. The van der Waals surface area contributed by atoms with Crippen molar-refractivity contribution in [2.75, 3.05) is 13.6 Å². The highest BCUT2D eigenvalue weighted by molar-refractivity contribution is 7.89. The molecule has 2 aromatic heterocycles. The second kappa shape index (κ2) is 8.71. The third-order valence-corrected chi connectivity index (χ3v) is 6.34. The summed E-state index contributed by atoms with van der Waals surface area (Å²) in [6.07, 6.45) is 2.39. The summed E-state index contributed by atoms with van der Waals surface area (Å²) in [5.74, 6) is 0.864. The number of nitrogens with zero attached hydrogens (tertiary/aromatic N) is 3. The maximum Gasteiger partial charge on any atom is 0.246 e. The molecular weight excluding hydrogens is 368 g/mol. The average Bonchev–Trinajstić information content (AvgIpc) is 3.15. The second-order valence-electron chi connectivity index (χ2n) is 7.03. The van der Waals surface area contributed by atoms with Crippen LogP contribution in [-0.2, 0) is 27.9 Å². The number of rotatable bonds is 9. The van der Waals surface area contributed by atoms with Crippen molar-refractivity contribution in [1.82, 2.24) is 19.4 Å². The Morgan fingerprint density at radius 2 is 2.07 bits per heavy atom. The third kappa shape index (κ3) is 5.20. The van der Waals surface area contributed by atoms with Crippen molar-refractivity contribution >= 4 is 15.9 Å². The van der Waals surface area contributed by atoms with E-state index in [1.807, 2.05) is 0 Å². The fourth-order valence-electron chi connectivity index (χ4n) is 2.76. The topological polar surface area (TPSA) is 97.4 Å². The molecule has 0 saturated carbocycles. The molecule has 0 saturated heterocycles. The molecule has 0 aliphatic carbocycles. The molecule has 150 valence electrons. The van der Waals surface area contributed by atoms with Gasteiger partial charge in [0.05, 0.1) is 24.2 Å². The van der Waals surface area contributed by atoms with Crippen LogP contribution in [0.4, 0.5) is 0 Å². The molecule has 0 fully saturated rings. The number of amides is 1. The standard InChI is InChI=1S/C18H28N4O4S/c1-13(2)8-9-19-17(23)12-22-15(4)18(14(3)20-22)27(24,25)21(5)11-16-7-6-10-26-16/h6-7,10,13H,8-9,11-12H2,1-5H3,(H,19,23). The van der Waals surface area contributed by atoms with Crippen LogP contribution in [0.2, 0.25) is 0 Å². The molecule has 0 bridgehead atoms. The number of carbonyl (C=O) groups is 1. The van der Waals surface area contributed by atoms with Crippen LogP contribution in [0.15, 0.2) is 27.7 Å². The van der Waals surface area contributed by atoms with Crippen molar-refractivity contribution < 1.29 is 17.6 Å². The van der Waals surface area contributed by atoms with Crippen LogP contribution in [0.25, 0.3) is 0 Å². The van der Waals surface area contributed by atoms with E-state index >= 15 is 0 Å². The average molecular weight is 397 g/mol. The van der Waals surface area contributed by atoms with Gasteiger partial charge in [-0.25, -0.2) is 8.42 Å². The van der Waals surface area contributed by atoms with Gasteiger partial charge in [-0.3, -0.25) is 9.48 Å². The molecule has 0 spiro atoms. The van der Waals surface area contributed by atoms with Gasteiger partial charge >= 0.3 is 0 Å². The molecule has 0 atom stereocenters. The first-order valence-electron chi connectivity index (χ1n) is 8.92. The van der Waals surface area contributed by atoms with Gasteiger partial charge < -0.3 is 9.73 Å². The zero-order chi connectivity index (χ0) is 20.2. The molecular formula is C18H28N4O4S. The van der Waals surface area contributed by atoms with E-state index in [1.54, 1.807) is 26.0 Å². The summed E-state index contributed by atoms with van der Waals surface area (Å²) in [6, 6.07) is 3.43. The van der Waals surface area contributed by atoms with Gasteiger partial charge in [-0.15, -0.1) is 0 Å². The summed E-state index contributed by atoms with van der Waals surface area (Å²) >= 11 is 0. The first-order valence-corrected chi connectivity index (χ1v) is 10.4. The Labute approximate surface area is 160 Å². The lowest BCUT2D eigenvalue weighted by Gasteiger charge is -2.16. The zero-order valence-corrected chi connectivity index (χ0v) is 17.3. The van der Waals surface area contributed by atoms with Gasteiger partial charge in [-0.05, 0) is 38.3 Å². The molecule has 27 heavy (non-hydrogen) atoms. The lowest BCUT2D eigenvalue weighted by atomic mass is 10.1. The van der Waals surface area contributed by atoms with Gasteiger partial charge in [0.15, 0.2) is 0 Å². The van der Waals surface area contributed by atoms with Crippen molar-refractivity contribution in [3.8, 4) is 0 Å². The van der Waals surface area contributed by atoms with Crippen molar-refractivity contribution in [2.24, 2.45) is 5.92 Å². The van der Waals surface area contributed by atoms with Gasteiger partial charge in [0.1, 0.15) is 17.2 Å². The summed E-state index contributed by atoms with van der Waals surface area (Å²) in [5, 5.41) is 7.10. The smallest absolute Gasteiger partial charge is 0.246 e. The van der Waals surface area contributed by atoms with Crippen LogP contribution in [-0.4, -0.2) is 42.0 Å². The molecule has 0 aromatic carbocycles. The summed E-state index contributed by atoms with van der Waals surface area (Å²) in [5.41, 5.74) is 0.812. The molecule has 2 heterocycles.